The van der Waals surface area contributed by atoms with Gasteiger partial charge in [-0.1, -0.05) is 25.5 Å². The fourth-order valence-electron chi connectivity index (χ4n) is 1.28. The van der Waals surface area contributed by atoms with Gasteiger partial charge in [0.1, 0.15) is 0 Å². The third-order valence-corrected chi connectivity index (χ3v) is 1.91. The van der Waals surface area contributed by atoms with Gasteiger partial charge in [0.2, 0.25) is 0 Å². The van der Waals surface area contributed by atoms with Gasteiger partial charge in [-0.05, 0) is 30.5 Å². The summed E-state index contributed by atoms with van der Waals surface area (Å²) in [5, 5.41) is 8.82. The van der Waals surface area contributed by atoms with Crippen LogP contribution in [-0.4, -0.2) is 0 Å². The third kappa shape index (κ3) is 1.85. The molecule has 0 fully saturated rings. The predicted octanol–water partition coefficient (Wildman–Crippen LogP) is 2.82. The summed E-state index contributed by atoms with van der Waals surface area (Å²) in [4.78, 5) is 0. The van der Waals surface area contributed by atoms with E-state index < -0.39 is 0 Å². The fraction of sp³-hybridized carbons (Fsp3) is 0.364. The van der Waals surface area contributed by atoms with Gasteiger partial charge in [0.15, 0.2) is 0 Å². The van der Waals surface area contributed by atoms with Gasteiger partial charge in [0, 0.05) is 0 Å². The monoisotopic (exact) mass is 159 g/mol. The number of nitrogens with zero attached hydrogens (tertiary/aromatic N) is 1. The molecule has 1 aromatic rings. The second-order valence-electron chi connectivity index (χ2n) is 3.02. The SMILES string of the molecule is CCCc1ccc(C)cc1C#N. The van der Waals surface area contributed by atoms with Crippen LogP contribution in [0.1, 0.15) is 30.0 Å². The summed E-state index contributed by atoms with van der Waals surface area (Å²) in [6, 6.07) is 8.28. The van der Waals surface area contributed by atoms with E-state index in [0.29, 0.717) is 0 Å². The molecule has 0 aliphatic heterocycles. The highest BCUT2D eigenvalue weighted by Gasteiger charge is 1.99. The molecular formula is C11H13N. The Hall–Kier alpha value is -1.29. The molecule has 1 rings (SSSR count). The molecule has 0 radical (unpaired) electrons. The topological polar surface area (TPSA) is 23.8 Å². The van der Waals surface area contributed by atoms with Crippen LogP contribution in [0.2, 0.25) is 0 Å². The number of benzene rings is 1. The van der Waals surface area contributed by atoms with Gasteiger partial charge in [-0.3, -0.25) is 0 Å². The Bertz CT molecular complexity index is 307. The van der Waals surface area contributed by atoms with Crippen molar-refractivity contribution < 1.29 is 0 Å². The van der Waals surface area contributed by atoms with Crippen LogP contribution in [-0.2, 0) is 6.42 Å². The second-order valence-corrected chi connectivity index (χ2v) is 3.02. The smallest absolute Gasteiger partial charge is 0.0994 e. The second kappa shape index (κ2) is 3.92. The van der Waals surface area contributed by atoms with Crippen molar-refractivity contribution in [2.24, 2.45) is 0 Å². The lowest BCUT2D eigenvalue weighted by atomic mass is 10.0. The van der Waals surface area contributed by atoms with Gasteiger partial charge in [-0.2, -0.15) is 5.26 Å². The number of hydrogen-bond donors (Lipinski definition) is 0. The maximum absolute atomic E-state index is 8.82. The van der Waals surface area contributed by atoms with Crippen molar-refractivity contribution in [2.75, 3.05) is 0 Å². The lowest BCUT2D eigenvalue weighted by molar-refractivity contribution is 0.917. The largest absolute Gasteiger partial charge is 0.192 e. The molecule has 0 amide bonds. The van der Waals surface area contributed by atoms with Crippen molar-refractivity contribution in [3.05, 3.63) is 34.9 Å². The fourth-order valence-corrected chi connectivity index (χ4v) is 1.28. The van der Waals surface area contributed by atoms with E-state index >= 15 is 0 Å². The van der Waals surface area contributed by atoms with E-state index in [-0.39, 0.29) is 0 Å². The number of aryl methyl sites for hydroxylation is 2. The van der Waals surface area contributed by atoms with Gasteiger partial charge in [-0.25, -0.2) is 0 Å². The average molecular weight is 159 g/mol. The molecule has 12 heavy (non-hydrogen) atoms. The predicted molar refractivity (Wildman–Crippen MR) is 49.9 cm³/mol. The molecule has 0 atom stereocenters. The van der Waals surface area contributed by atoms with Gasteiger partial charge in [0.05, 0.1) is 11.6 Å². The molecule has 1 nitrogen and oxygen atoms in total. The molecule has 0 N–H and O–H groups in total. The molecule has 0 aliphatic carbocycles. The van der Waals surface area contributed by atoms with Crippen molar-refractivity contribution in [1.82, 2.24) is 0 Å². The molecule has 0 heterocycles. The molecule has 0 saturated carbocycles. The number of rotatable bonds is 2. The Labute approximate surface area is 73.6 Å². The molecule has 0 saturated heterocycles. The highest BCUT2D eigenvalue weighted by molar-refractivity contribution is 5.40. The Morgan fingerprint density at radius 1 is 1.42 bits per heavy atom. The van der Waals surface area contributed by atoms with E-state index in [9.17, 15) is 0 Å². The van der Waals surface area contributed by atoms with E-state index in [1.54, 1.807) is 0 Å². The minimum Gasteiger partial charge on any atom is -0.192 e. The molecule has 0 bridgehead atoms. The first-order valence-electron chi connectivity index (χ1n) is 4.27. The van der Waals surface area contributed by atoms with Gasteiger partial charge >= 0.3 is 0 Å². The Morgan fingerprint density at radius 3 is 2.75 bits per heavy atom. The molecule has 0 spiro atoms. The Balaban J connectivity index is 3.05. The summed E-state index contributed by atoms with van der Waals surface area (Å²) < 4.78 is 0. The van der Waals surface area contributed by atoms with E-state index in [4.69, 9.17) is 5.26 Å². The summed E-state index contributed by atoms with van der Waals surface area (Å²) in [6.45, 7) is 4.14. The average Bonchev–Trinajstić information content (AvgIpc) is 2.08. The zero-order valence-electron chi connectivity index (χ0n) is 7.59. The van der Waals surface area contributed by atoms with E-state index in [1.165, 1.54) is 5.56 Å². The van der Waals surface area contributed by atoms with E-state index in [1.807, 2.05) is 13.0 Å². The number of hydrogen-bond acceptors (Lipinski definition) is 1. The van der Waals surface area contributed by atoms with Crippen LogP contribution >= 0.6 is 0 Å². The standard InChI is InChI=1S/C11H13N/c1-3-4-10-6-5-9(2)7-11(10)8-12/h5-7H,3-4H2,1-2H3. The maximum atomic E-state index is 8.82. The summed E-state index contributed by atoms with van der Waals surface area (Å²) in [6.07, 6.45) is 2.10. The molecular weight excluding hydrogens is 146 g/mol. The van der Waals surface area contributed by atoms with E-state index in [0.717, 1.165) is 24.0 Å². The minimum absolute atomic E-state index is 0.830. The first kappa shape index (κ1) is 8.80. The third-order valence-electron chi connectivity index (χ3n) is 1.91. The van der Waals surface area contributed by atoms with Crippen molar-refractivity contribution in [2.45, 2.75) is 26.7 Å². The van der Waals surface area contributed by atoms with Crippen LogP contribution in [0, 0.1) is 18.3 Å². The minimum atomic E-state index is 0.830. The number of nitriles is 1. The van der Waals surface area contributed by atoms with Crippen LogP contribution in [0.4, 0.5) is 0 Å². The van der Waals surface area contributed by atoms with Crippen LogP contribution in [0.25, 0.3) is 0 Å². The molecule has 0 unspecified atom stereocenters. The first-order chi connectivity index (χ1) is 5.77. The van der Waals surface area contributed by atoms with Gasteiger partial charge < -0.3 is 0 Å². The van der Waals surface area contributed by atoms with Crippen molar-refractivity contribution >= 4 is 0 Å². The molecule has 0 aromatic heterocycles. The quantitative estimate of drug-likeness (QED) is 0.651. The molecule has 1 aromatic carbocycles. The molecule has 0 aliphatic rings. The van der Waals surface area contributed by atoms with Crippen molar-refractivity contribution in [3.63, 3.8) is 0 Å². The van der Waals surface area contributed by atoms with Crippen LogP contribution in [0.3, 0.4) is 0 Å². The normalized spacial score (nSPS) is 9.42. The maximum Gasteiger partial charge on any atom is 0.0994 e. The van der Waals surface area contributed by atoms with Gasteiger partial charge in [-0.15, -0.1) is 0 Å². The summed E-state index contributed by atoms with van der Waals surface area (Å²) >= 11 is 0. The Morgan fingerprint density at radius 2 is 2.17 bits per heavy atom. The van der Waals surface area contributed by atoms with Crippen molar-refractivity contribution in [1.29, 1.82) is 5.26 Å². The molecule has 62 valence electrons. The Kier molecular flexibility index (Phi) is 2.88. The van der Waals surface area contributed by atoms with E-state index in [2.05, 4.69) is 25.1 Å². The molecule has 1 heteroatoms. The summed E-state index contributed by atoms with van der Waals surface area (Å²) in [5.41, 5.74) is 3.16. The van der Waals surface area contributed by atoms with Crippen LogP contribution in [0.5, 0.6) is 0 Å². The lowest BCUT2D eigenvalue weighted by Gasteiger charge is -2.01. The highest BCUT2D eigenvalue weighted by Crippen LogP contribution is 2.12. The summed E-state index contributed by atoms with van der Waals surface area (Å²) in [5.74, 6) is 0. The van der Waals surface area contributed by atoms with Crippen LogP contribution in [0.15, 0.2) is 18.2 Å². The van der Waals surface area contributed by atoms with Crippen LogP contribution < -0.4 is 0 Å². The summed E-state index contributed by atoms with van der Waals surface area (Å²) in [7, 11) is 0. The zero-order chi connectivity index (χ0) is 8.97. The van der Waals surface area contributed by atoms with Gasteiger partial charge in [0.25, 0.3) is 0 Å². The van der Waals surface area contributed by atoms with Crippen molar-refractivity contribution in [3.8, 4) is 6.07 Å². The first-order valence-corrected chi connectivity index (χ1v) is 4.27. The zero-order valence-corrected chi connectivity index (χ0v) is 7.59. The highest BCUT2D eigenvalue weighted by atomic mass is 14.2. The lowest BCUT2D eigenvalue weighted by Crippen LogP contribution is -1.89.